The predicted molar refractivity (Wildman–Crippen MR) is 73.3 cm³/mol. The van der Waals surface area contributed by atoms with Gasteiger partial charge in [0.1, 0.15) is 0 Å². The van der Waals surface area contributed by atoms with Crippen molar-refractivity contribution >= 4 is 41.1 Å². The van der Waals surface area contributed by atoms with Crippen LogP contribution in [-0.4, -0.2) is 17.4 Å². The van der Waals surface area contributed by atoms with Gasteiger partial charge in [-0.2, -0.15) is 0 Å². The minimum absolute atomic E-state index is 0. The molecule has 0 aliphatic rings. The van der Waals surface area contributed by atoms with Gasteiger partial charge in [0.25, 0.3) is 0 Å². The number of carbonyl (C=O) groups is 1. The third-order valence-electron chi connectivity index (χ3n) is 1.86. The van der Waals surface area contributed by atoms with E-state index in [1.54, 1.807) is 12.1 Å². The van der Waals surface area contributed by atoms with Crippen LogP contribution in [0.3, 0.4) is 0 Å². The fraction of sp³-hybridized carbons (Fsp3) is 0.545. The Hall–Kier alpha value is -0.0900. The van der Waals surface area contributed by atoms with E-state index >= 15 is 0 Å². The summed E-state index contributed by atoms with van der Waals surface area (Å²) >= 11 is 7.11. The highest BCUT2D eigenvalue weighted by molar-refractivity contribution is 7.18. The van der Waals surface area contributed by atoms with Gasteiger partial charge in [0.05, 0.1) is 15.3 Å². The molecule has 0 aliphatic heterocycles. The molecular weight excluding hydrogens is 265 g/mol. The van der Waals surface area contributed by atoms with Crippen LogP contribution in [0.5, 0.6) is 0 Å². The van der Waals surface area contributed by atoms with Crippen molar-refractivity contribution in [1.29, 1.82) is 0 Å². The average molecular weight is 282 g/mol. The minimum atomic E-state index is -0.181. The first-order valence-electron chi connectivity index (χ1n) is 4.87. The number of Topliss-reactive ketones (excluding diaryl/α,β-unsaturated/α-hetero) is 1. The molecule has 2 nitrogen and oxygen atoms in total. The van der Waals surface area contributed by atoms with Gasteiger partial charge in [0.2, 0.25) is 0 Å². The zero-order valence-electron chi connectivity index (χ0n) is 9.83. The van der Waals surface area contributed by atoms with Crippen molar-refractivity contribution < 1.29 is 4.79 Å². The number of hydrogen-bond donors (Lipinski definition) is 1. The molecule has 0 aromatic carbocycles. The number of carbonyl (C=O) groups excluding carboxylic acids is 1. The molecule has 0 saturated heterocycles. The van der Waals surface area contributed by atoms with Crippen LogP contribution in [0.15, 0.2) is 12.1 Å². The molecule has 0 bridgehead atoms. The molecule has 1 aromatic heterocycles. The third kappa shape index (κ3) is 4.83. The molecule has 0 saturated carbocycles. The van der Waals surface area contributed by atoms with E-state index in [-0.39, 0.29) is 29.8 Å². The van der Waals surface area contributed by atoms with Crippen LogP contribution in [-0.2, 0) is 0 Å². The Balaban J connectivity index is 0.00000225. The molecule has 0 fully saturated rings. The Kier molecular flexibility index (Phi) is 5.98. The molecule has 1 heterocycles. The van der Waals surface area contributed by atoms with Gasteiger partial charge >= 0.3 is 0 Å². The van der Waals surface area contributed by atoms with Gasteiger partial charge in [-0.25, -0.2) is 0 Å². The quantitative estimate of drug-likeness (QED) is 0.855. The summed E-state index contributed by atoms with van der Waals surface area (Å²) in [7, 11) is 0. The Labute approximate surface area is 112 Å². The second-order valence-corrected chi connectivity index (χ2v) is 6.30. The summed E-state index contributed by atoms with van der Waals surface area (Å²) in [6.45, 7) is 8.00. The Morgan fingerprint density at radius 1 is 1.44 bits per heavy atom. The Bertz CT molecular complexity index is 357. The van der Waals surface area contributed by atoms with E-state index in [0.717, 1.165) is 0 Å². The average Bonchev–Trinajstić information content (AvgIpc) is 2.47. The van der Waals surface area contributed by atoms with Crippen molar-refractivity contribution in [3.63, 3.8) is 0 Å². The van der Waals surface area contributed by atoms with Gasteiger partial charge in [-0.3, -0.25) is 4.79 Å². The van der Waals surface area contributed by atoms with Crippen LogP contribution in [0.1, 0.15) is 37.4 Å². The zero-order valence-corrected chi connectivity index (χ0v) is 12.2. The highest BCUT2D eigenvalue weighted by Gasteiger charge is 2.21. The highest BCUT2D eigenvalue weighted by Crippen LogP contribution is 2.22. The lowest BCUT2D eigenvalue weighted by molar-refractivity contribution is 0.0940. The molecule has 16 heavy (non-hydrogen) atoms. The maximum atomic E-state index is 11.9. The van der Waals surface area contributed by atoms with Crippen LogP contribution in [0, 0.1) is 0 Å². The van der Waals surface area contributed by atoms with E-state index in [0.29, 0.717) is 9.21 Å². The summed E-state index contributed by atoms with van der Waals surface area (Å²) in [6, 6.07) is 3.35. The maximum Gasteiger partial charge on any atom is 0.189 e. The van der Waals surface area contributed by atoms with Crippen molar-refractivity contribution in [2.45, 2.75) is 39.3 Å². The van der Waals surface area contributed by atoms with E-state index in [9.17, 15) is 4.79 Å². The molecule has 0 spiro atoms. The summed E-state index contributed by atoms with van der Waals surface area (Å²) < 4.78 is 0.654. The summed E-state index contributed by atoms with van der Waals surface area (Å²) in [5, 5.41) is 3.24. The molecular formula is C11H17Cl2NOS. The van der Waals surface area contributed by atoms with E-state index in [1.807, 2.05) is 27.7 Å². The largest absolute Gasteiger partial charge is 0.303 e. The van der Waals surface area contributed by atoms with Crippen molar-refractivity contribution in [3.8, 4) is 0 Å². The van der Waals surface area contributed by atoms with Crippen LogP contribution in [0.2, 0.25) is 4.34 Å². The third-order valence-corrected chi connectivity index (χ3v) is 3.10. The predicted octanol–water partition coefficient (Wildman–Crippen LogP) is 3.78. The lowest BCUT2D eigenvalue weighted by Crippen LogP contribution is -2.45. The fourth-order valence-electron chi connectivity index (χ4n) is 1.38. The molecule has 5 heteroatoms. The molecule has 1 N–H and O–H groups in total. The number of thiophene rings is 1. The first-order chi connectivity index (χ1) is 6.79. The zero-order chi connectivity index (χ0) is 11.6. The van der Waals surface area contributed by atoms with Crippen molar-refractivity contribution in [2.75, 3.05) is 0 Å². The number of nitrogens with one attached hydrogen (secondary N) is 1. The lowest BCUT2D eigenvalue weighted by Gasteiger charge is -2.24. The molecule has 0 radical (unpaired) electrons. The minimum Gasteiger partial charge on any atom is -0.303 e. The van der Waals surface area contributed by atoms with Gasteiger partial charge in [-0.1, -0.05) is 11.6 Å². The number of hydrogen-bond acceptors (Lipinski definition) is 3. The fourth-order valence-corrected chi connectivity index (χ4v) is 2.45. The molecule has 0 amide bonds. The normalized spacial score (nSPS) is 13.1. The highest BCUT2D eigenvalue weighted by atomic mass is 35.5. The maximum absolute atomic E-state index is 11.9. The smallest absolute Gasteiger partial charge is 0.189 e. The molecule has 1 rings (SSSR count). The van der Waals surface area contributed by atoms with Gasteiger partial charge in [-0.15, -0.1) is 23.7 Å². The van der Waals surface area contributed by atoms with Crippen LogP contribution >= 0.6 is 35.3 Å². The van der Waals surface area contributed by atoms with Crippen LogP contribution < -0.4 is 5.32 Å². The van der Waals surface area contributed by atoms with Crippen LogP contribution in [0.25, 0.3) is 0 Å². The topological polar surface area (TPSA) is 29.1 Å². The lowest BCUT2D eigenvalue weighted by atomic mass is 10.1. The summed E-state index contributed by atoms with van der Waals surface area (Å²) in [5.41, 5.74) is -0.0594. The van der Waals surface area contributed by atoms with E-state index in [1.165, 1.54) is 11.3 Å². The number of ketones is 1. The van der Waals surface area contributed by atoms with E-state index in [4.69, 9.17) is 11.6 Å². The van der Waals surface area contributed by atoms with Gasteiger partial charge < -0.3 is 5.32 Å². The summed E-state index contributed by atoms with van der Waals surface area (Å²) in [5.74, 6) is 0.0989. The SMILES string of the molecule is CC(NC(C)(C)C)C(=O)c1ccc(Cl)s1.Cl. The van der Waals surface area contributed by atoms with Crippen molar-refractivity contribution in [3.05, 3.63) is 21.3 Å². The standard InChI is InChI=1S/C11H16ClNOS.ClH/c1-7(13-11(2,3)4)10(14)8-5-6-9(12)15-8;/h5-7,13H,1-4H3;1H. The molecule has 1 aromatic rings. The van der Waals surface area contributed by atoms with Crippen LogP contribution in [0.4, 0.5) is 0 Å². The monoisotopic (exact) mass is 281 g/mol. The molecule has 0 aliphatic carbocycles. The number of halogens is 2. The second-order valence-electron chi connectivity index (χ2n) is 4.58. The van der Waals surface area contributed by atoms with Gasteiger partial charge in [-0.05, 0) is 39.8 Å². The Morgan fingerprint density at radius 2 is 2.00 bits per heavy atom. The van der Waals surface area contributed by atoms with Gasteiger partial charge in [0.15, 0.2) is 5.78 Å². The van der Waals surface area contributed by atoms with E-state index < -0.39 is 0 Å². The van der Waals surface area contributed by atoms with Crippen molar-refractivity contribution in [1.82, 2.24) is 5.32 Å². The van der Waals surface area contributed by atoms with E-state index in [2.05, 4.69) is 5.32 Å². The first-order valence-corrected chi connectivity index (χ1v) is 6.06. The van der Waals surface area contributed by atoms with Gasteiger partial charge in [0, 0.05) is 5.54 Å². The Morgan fingerprint density at radius 3 is 2.38 bits per heavy atom. The molecule has 1 unspecified atom stereocenters. The summed E-state index contributed by atoms with van der Waals surface area (Å²) in [4.78, 5) is 12.6. The second kappa shape index (κ2) is 6.01. The van der Waals surface area contributed by atoms with Crippen molar-refractivity contribution in [2.24, 2.45) is 0 Å². The summed E-state index contributed by atoms with van der Waals surface area (Å²) in [6.07, 6.45) is 0. The number of rotatable bonds is 3. The first kappa shape index (κ1) is 15.9. The molecule has 1 atom stereocenters. The molecule has 92 valence electrons.